The van der Waals surface area contributed by atoms with Crippen molar-refractivity contribution in [2.24, 2.45) is 0 Å². The lowest BCUT2D eigenvalue weighted by Gasteiger charge is -2.25. The minimum absolute atomic E-state index is 0.162. The van der Waals surface area contributed by atoms with Gasteiger partial charge >= 0.3 is 5.97 Å². The third-order valence-electron chi connectivity index (χ3n) is 3.63. The molecule has 1 aromatic rings. The van der Waals surface area contributed by atoms with E-state index < -0.39 is 0 Å². The second-order valence-corrected chi connectivity index (χ2v) is 4.85. The highest BCUT2D eigenvalue weighted by molar-refractivity contribution is 5.69. The fraction of sp³-hybridized carbons (Fsp3) is 0.533. The van der Waals surface area contributed by atoms with Crippen molar-refractivity contribution in [3.8, 4) is 5.75 Å². The number of esters is 1. The van der Waals surface area contributed by atoms with Crippen LogP contribution in [-0.4, -0.2) is 32.8 Å². The van der Waals surface area contributed by atoms with Gasteiger partial charge in [-0.2, -0.15) is 0 Å². The number of hydrogen-bond acceptors (Lipinski definition) is 4. The lowest BCUT2D eigenvalue weighted by Crippen LogP contribution is -2.35. The second kappa shape index (κ2) is 6.57. The van der Waals surface area contributed by atoms with Crippen LogP contribution in [0.5, 0.6) is 5.75 Å². The van der Waals surface area contributed by atoms with Crippen molar-refractivity contribution in [3.05, 3.63) is 29.3 Å². The monoisotopic (exact) mass is 263 g/mol. The van der Waals surface area contributed by atoms with Crippen LogP contribution < -0.4 is 10.1 Å². The summed E-state index contributed by atoms with van der Waals surface area (Å²) < 4.78 is 9.89. The first-order valence-electron chi connectivity index (χ1n) is 6.69. The molecule has 0 fully saturated rings. The van der Waals surface area contributed by atoms with Crippen LogP contribution in [0.25, 0.3) is 0 Å². The third kappa shape index (κ3) is 3.70. The van der Waals surface area contributed by atoms with Gasteiger partial charge in [0.05, 0.1) is 20.6 Å². The van der Waals surface area contributed by atoms with Crippen molar-refractivity contribution in [2.45, 2.75) is 31.7 Å². The molecule has 1 aliphatic carbocycles. The van der Waals surface area contributed by atoms with Crippen LogP contribution in [0.15, 0.2) is 18.2 Å². The Balaban J connectivity index is 1.88. The van der Waals surface area contributed by atoms with Crippen molar-refractivity contribution in [3.63, 3.8) is 0 Å². The lowest BCUT2D eigenvalue weighted by atomic mass is 9.88. The van der Waals surface area contributed by atoms with Crippen LogP contribution in [0.4, 0.5) is 0 Å². The zero-order valence-corrected chi connectivity index (χ0v) is 11.6. The molecule has 4 nitrogen and oxygen atoms in total. The molecule has 0 bridgehead atoms. The van der Waals surface area contributed by atoms with E-state index in [2.05, 4.69) is 22.2 Å². The fourth-order valence-electron chi connectivity index (χ4n) is 2.52. The first-order valence-corrected chi connectivity index (χ1v) is 6.69. The molecule has 0 spiro atoms. The van der Waals surface area contributed by atoms with Crippen LogP contribution in [0.2, 0.25) is 0 Å². The zero-order chi connectivity index (χ0) is 13.7. The Kier molecular flexibility index (Phi) is 4.80. The maximum atomic E-state index is 11.1. The number of aryl methyl sites for hydroxylation is 1. The summed E-state index contributed by atoms with van der Waals surface area (Å²) in [7, 11) is 3.11. The number of ether oxygens (including phenoxy) is 2. The molecule has 0 aromatic heterocycles. The maximum absolute atomic E-state index is 11.1. The molecule has 4 heteroatoms. The molecule has 1 atom stereocenters. The second-order valence-electron chi connectivity index (χ2n) is 4.85. The summed E-state index contributed by atoms with van der Waals surface area (Å²) in [6.45, 7) is 0.677. The van der Waals surface area contributed by atoms with E-state index in [9.17, 15) is 4.79 Å². The first-order chi connectivity index (χ1) is 9.22. The van der Waals surface area contributed by atoms with Gasteiger partial charge < -0.3 is 14.8 Å². The van der Waals surface area contributed by atoms with Crippen LogP contribution >= 0.6 is 0 Å². The number of rotatable bonds is 5. The minimum atomic E-state index is -0.162. The number of methoxy groups -OCH3 is 2. The lowest BCUT2D eigenvalue weighted by molar-refractivity contribution is -0.140. The van der Waals surface area contributed by atoms with Gasteiger partial charge in [0.15, 0.2) is 0 Å². The van der Waals surface area contributed by atoms with Crippen molar-refractivity contribution in [2.75, 3.05) is 20.8 Å². The normalized spacial score (nSPS) is 17.7. The predicted octanol–water partition coefficient (Wildman–Crippen LogP) is 1.71. The molecule has 104 valence electrons. The molecule has 0 aliphatic heterocycles. The summed E-state index contributed by atoms with van der Waals surface area (Å²) in [5.74, 6) is 0.749. The Morgan fingerprint density at radius 1 is 1.37 bits per heavy atom. The largest absolute Gasteiger partial charge is 0.497 e. The third-order valence-corrected chi connectivity index (χ3v) is 3.63. The summed E-state index contributed by atoms with van der Waals surface area (Å²) >= 11 is 0. The number of benzene rings is 1. The van der Waals surface area contributed by atoms with Crippen molar-refractivity contribution < 1.29 is 14.3 Å². The van der Waals surface area contributed by atoms with E-state index >= 15 is 0 Å². The fourth-order valence-corrected chi connectivity index (χ4v) is 2.52. The Labute approximate surface area is 114 Å². The van der Waals surface area contributed by atoms with Crippen LogP contribution in [-0.2, 0) is 22.4 Å². The maximum Gasteiger partial charge on any atom is 0.306 e. The van der Waals surface area contributed by atoms with Gasteiger partial charge in [0.1, 0.15) is 5.75 Å². The standard InChI is InChI=1S/C15H21NO3/c1-18-14-6-4-11-3-5-13(9-12(11)10-14)16-8-7-15(17)19-2/h4,6,10,13,16H,3,5,7-9H2,1-2H3. The number of hydrogen-bond donors (Lipinski definition) is 1. The van der Waals surface area contributed by atoms with Crippen LogP contribution in [0.3, 0.4) is 0 Å². The summed E-state index contributed by atoms with van der Waals surface area (Å²) in [5, 5.41) is 3.42. The van der Waals surface area contributed by atoms with E-state index in [1.54, 1.807) is 7.11 Å². The number of carbonyl (C=O) groups is 1. The zero-order valence-electron chi connectivity index (χ0n) is 11.6. The Hall–Kier alpha value is -1.55. The molecule has 1 aromatic carbocycles. The molecule has 0 heterocycles. The van der Waals surface area contributed by atoms with E-state index in [0.717, 1.165) is 25.0 Å². The van der Waals surface area contributed by atoms with Gasteiger partial charge in [-0.1, -0.05) is 6.07 Å². The van der Waals surface area contributed by atoms with E-state index in [1.165, 1.54) is 18.2 Å². The van der Waals surface area contributed by atoms with Gasteiger partial charge in [0.2, 0.25) is 0 Å². The van der Waals surface area contributed by atoms with Crippen LogP contribution in [0.1, 0.15) is 24.0 Å². The van der Waals surface area contributed by atoms with Crippen LogP contribution in [0, 0.1) is 0 Å². The SMILES string of the molecule is COC(=O)CCNC1CCc2ccc(OC)cc2C1. The van der Waals surface area contributed by atoms with Gasteiger partial charge in [0, 0.05) is 12.6 Å². The molecular weight excluding hydrogens is 242 g/mol. The molecular formula is C15H21NO3. The molecule has 0 radical (unpaired) electrons. The van der Waals surface area contributed by atoms with Gasteiger partial charge in [-0.25, -0.2) is 0 Å². The molecule has 0 saturated carbocycles. The average Bonchev–Trinajstić information content (AvgIpc) is 2.46. The Bertz CT molecular complexity index is 445. The molecule has 1 unspecified atom stereocenters. The molecule has 2 rings (SSSR count). The summed E-state index contributed by atoms with van der Waals surface area (Å²) in [6.07, 6.45) is 3.61. The highest BCUT2D eigenvalue weighted by Crippen LogP contribution is 2.25. The predicted molar refractivity (Wildman–Crippen MR) is 73.4 cm³/mol. The molecule has 0 amide bonds. The smallest absolute Gasteiger partial charge is 0.306 e. The minimum Gasteiger partial charge on any atom is -0.497 e. The highest BCUT2D eigenvalue weighted by atomic mass is 16.5. The quantitative estimate of drug-likeness (QED) is 0.822. The van der Waals surface area contributed by atoms with E-state index in [0.29, 0.717) is 19.0 Å². The number of nitrogens with one attached hydrogen (secondary N) is 1. The average molecular weight is 263 g/mol. The number of carbonyl (C=O) groups excluding carboxylic acids is 1. The summed E-state index contributed by atoms with van der Waals surface area (Å²) in [4.78, 5) is 11.1. The van der Waals surface area contributed by atoms with Crippen molar-refractivity contribution in [1.29, 1.82) is 0 Å². The van der Waals surface area contributed by atoms with E-state index in [-0.39, 0.29) is 5.97 Å². The van der Waals surface area contributed by atoms with Gasteiger partial charge in [0.25, 0.3) is 0 Å². The van der Waals surface area contributed by atoms with E-state index in [4.69, 9.17) is 4.74 Å². The molecule has 19 heavy (non-hydrogen) atoms. The van der Waals surface area contributed by atoms with Gasteiger partial charge in [-0.15, -0.1) is 0 Å². The molecule has 1 N–H and O–H groups in total. The van der Waals surface area contributed by atoms with E-state index in [1.807, 2.05) is 6.07 Å². The highest BCUT2D eigenvalue weighted by Gasteiger charge is 2.18. The summed E-state index contributed by atoms with van der Waals surface area (Å²) in [6, 6.07) is 6.72. The van der Waals surface area contributed by atoms with Crippen molar-refractivity contribution in [1.82, 2.24) is 5.32 Å². The van der Waals surface area contributed by atoms with Gasteiger partial charge in [-0.05, 0) is 42.5 Å². The number of fused-ring (bicyclic) bond motifs is 1. The molecule has 0 saturated heterocycles. The topological polar surface area (TPSA) is 47.6 Å². The van der Waals surface area contributed by atoms with Gasteiger partial charge in [-0.3, -0.25) is 4.79 Å². The van der Waals surface area contributed by atoms with Crippen molar-refractivity contribution >= 4 is 5.97 Å². The summed E-state index contributed by atoms with van der Waals surface area (Å²) in [5.41, 5.74) is 2.76. The molecule has 1 aliphatic rings. The Morgan fingerprint density at radius 2 is 2.21 bits per heavy atom. The Morgan fingerprint density at radius 3 is 2.95 bits per heavy atom. The first kappa shape index (κ1) is 13.9.